The average Bonchev–Trinajstić information content (AvgIpc) is 2.72. The zero-order chi connectivity index (χ0) is 18.6. The maximum Gasteiger partial charge on any atom is 0.0617 e. The highest BCUT2D eigenvalue weighted by Crippen LogP contribution is 2.37. The fraction of sp³-hybridized carbons (Fsp3) is 0.478. The molecule has 1 saturated carbocycles. The van der Waals surface area contributed by atoms with Crippen LogP contribution in [0.15, 0.2) is 42.5 Å². The van der Waals surface area contributed by atoms with Crippen LogP contribution in [0.2, 0.25) is 10.0 Å². The molecule has 0 bridgehead atoms. The summed E-state index contributed by atoms with van der Waals surface area (Å²) in [5, 5.41) is 4.90. The summed E-state index contributed by atoms with van der Waals surface area (Å²) in [4.78, 5) is 2.53. The number of hydrogen-bond donors (Lipinski definition) is 1. The highest BCUT2D eigenvalue weighted by atomic mass is 35.5. The highest BCUT2D eigenvalue weighted by Gasteiger charge is 2.26. The molecule has 4 heteroatoms. The standard InChI is InChI=1S/C23H28Cl2N2/c24-20-10-11-21(22(25)16-20)23(27-14-12-26-13-15-27)19-8-6-18(7-9-19)17-4-2-1-3-5-17/h6-11,16-17,23,26H,1-5,12-15H2. The Hall–Kier alpha value is -1.06. The summed E-state index contributed by atoms with van der Waals surface area (Å²) < 4.78 is 0. The van der Waals surface area contributed by atoms with Crippen LogP contribution in [0.3, 0.4) is 0 Å². The van der Waals surface area contributed by atoms with Gasteiger partial charge in [0.25, 0.3) is 0 Å². The van der Waals surface area contributed by atoms with Crippen LogP contribution in [0.5, 0.6) is 0 Å². The number of rotatable bonds is 4. The van der Waals surface area contributed by atoms with Gasteiger partial charge in [-0.2, -0.15) is 0 Å². The Morgan fingerprint density at radius 2 is 1.59 bits per heavy atom. The lowest BCUT2D eigenvalue weighted by Gasteiger charge is -2.36. The molecule has 1 heterocycles. The highest BCUT2D eigenvalue weighted by molar-refractivity contribution is 6.35. The smallest absolute Gasteiger partial charge is 0.0617 e. The quantitative estimate of drug-likeness (QED) is 0.670. The first-order valence-electron chi connectivity index (χ1n) is 10.2. The van der Waals surface area contributed by atoms with Gasteiger partial charge in [-0.1, -0.05) is 72.8 Å². The van der Waals surface area contributed by atoms with Gasteiger partial charge in [0, 0.05) is 36.2 Å². The molecule has 144 valence electrons. The van der Waals surface area contributed by atoms with Crippen molar-refractivity contribution in [2.75, 3.05) is 26.2 Å². The van der Waals surface area contributed by atoms with Crippen molar-refractivity contribution < 1.29 is 0 Å². The molecule has 2 aliphatic rings. The van der Waals surface area contributed by atoms with Gasteiger partial charge in [0.2, 0.25) is 0 Å². The topological polar surface area (TPSA) is 15.3 Å². The first-order valence-corrected chi connectivity index (χ1v) is 11.0. The van der Waals surface area contributed by atoms with Gasteiger partial charge in [0.1, 0.15) is 0 Å². The summed E-state index contributed by atoms with van der Waals surface area (Å²) in [6.07, 6.45) is 6.81. The van der Waals surface area contributed by atoms with Crippen molar-refractivity contribution in [1.82, 2.24) is 10.2 Å². The fourth-order valence-corrected chi connectivity index (χ4v) is 5.15. The Morgan fingerprint density at radius 3 is 2.26 bits per heavy atom. The van der Waals surface area contributed by atoms with Gasteiger partial charge < -0.3 is 5.32 Å². The van der Waals surface area contributed by atoms with E-state index in [9.17, 15) is 0 Å². The Kier molecular flexibility index (Phi) is 6.39. The molecule has 1 aliphatic carbocycles. The molecule has 1 saturated heterocycles. The molecule has 1 atom stereocenters. The van der Waals surface area contributed by atoms with Crippen molar-refractivity contribution in [1.29, 1.82) is 0 Å². The second-order valence-electron chi connectivity index (χ2n) is 7.86. The summed E-state index contributed by atoms with van der Waals surface area (Å²) in [5.41, 5.74) is 3.97. The molecule has 4 rings (SSSR count). The zero-order valence-electron chi connectivity index (χ0n) is 15.8. The molecule has 1 N–H and O–H groups in total. The number of piperazine rings is 1. The van der Waals surface area contributed by atoms with Crippen molar-refractivity contribution in [3.8, 4) is 0 Å². The second-order valence-corrected chi connectivity index (χ2v) is 8.70. The van der Waals surface area contributed by atoms with E-state index >= 15 is 0 Å². The van der Waals surface area contributed by atoms with E-state index in [4.69, 9.17) is 23.2 Å². The van der Waals surface area contributed by atoms with Gasteiger partial charge in [-0.3, -0.25) is 4.90 Å². The summed E-state index contributed by atoms with van der Waals surface area (Å²) in [6.45, 7) is 4.08. The predicted molar refractivity (Wildman–Crippen MR) is 115 cm³/mol. The average molecular weight is 403 g/mol. The van der Waals surface area contributed by atoms with Crippen molar-refractivity contribution >= 4 is 23.2 Å². The number of nitrogens with one attached hydrogen (secondary N) is 1. The largest absolute Gasteiger partial charge is 0.314 e. The zero-order valence-corrected chi connectivity index (χ0v) is 17.3. The van der Waals surface area contributed by atoms with E-state index in [1.54, 1.807) is 0 Å². The predicted octanol–water partition coefficient (Wildman–Crippen LogP) is 6.04. The Labute approximate surface area is 172 Å². The van der Waals surface area contributed by atoms with Gasteiger partial charge >= 0.3 is 0 Å². The molecule has 2 fully saturated rings. The third kappa shape index (κ3) is 4.51. The molecule has 0 spiro atoms. The lowest BCUT2D eigenvalue weighted by molar-refractivity contribution is 0.198. The van der Waals surface area contributed by atoms with Crippen LogP contribution in [0, 0.1) is 0 Å². The van der Waals surface area contributed by atoms with E-state index in [1.165, 1.54) is 43.2 Å². The maximum atomic E-state index is 6.62. The molecular formula is C23H28Cl2N2. The van der Waals surface area contributed by atoms with Crippen LogP contribution in [-0.4, -0.2) is 31.1 Å². The molecule has 0 radical (unpaired) electrons. The van der Waals surface area contributed by atoms with Gasteiger partial charge in [0.15, 0.2) is 0 Å². The maximum absolute atomic E-state index is 6.62. The Bertz CT molecular complexity index is 747. The first-order chi connectivity index (χ1) is 13.2. The van der Waals surface area contributed by atoms with Crippen molar-refractivity contribution in [3.63, 3.8) is 0 Å². The number of halogens is 2. The molecule has 1 unspecified atom stereocenters. The van der Waals surface area contributed by atoms with Crippen LogP contribution in [-0.2, 0) is 0 Å². The molecular weight excluding hydrogens is 375 g/mol. The van der Waals surface area contributed by atoms with Crippen molar-refractivity contribution in [2.24, 2.45) is 0 Å². The summed E-state index contributed by atoms with van der Waals surface area (Å²) in [7, 11) is 0. The van der Waals surface area contributed by atoms with Gasteiger partial charge in [-0.05, 0) is 47.6 Å². The SMILES string of the molecule is Clc1ccc(C(c2ccc(C3CCCCC3)cc2)N2CCNCC2)c(Cl)c1. The van der Waals surface area contributed by atoms with E-state index in [0.717, 1.165) is 42.7 Å². The summed E-state index contributed by atoms with van der Waals surface area (Å²) >= 11 is 12.8. The summed E-state index contributed by atoms with van der Waals surface area (Å²) in [5.74, 6) is 0.740. The second kappa shape index (κ2) is 8.96. The molecule has 2 aromatic rings. The molecule has 0 aromatic heterocycles. The Morgan fingerprint density at radius 1 is 0.889 bits per heavy atom. The molecule has 27 heavy (non-hydrogen) atoms. The van der Waals surface area contributed by atoms with E-state index in [0.29, 0.717) is 5.02 Å². The molecule has 1 aliphatic heterocycles. The minimum absolute atomic E-state index is 0.178. The minimum Gasteiger partial charge on any atom is -0.314 e. The minimum atomic E-state index is 0.178. The number of hydrogen-bond acceptors (Lipinski definition) is 2. The van der Waals surface area contributed by atoms with Crippen LogP contribution in [0.25, 0.3) is 0 Å². The van der Waals surface area contributed by atoms with E-state index in [-0.39, 0.29) is 6.04 Å². The third-order valence-corrected chi connectivity index (χ3v) is 6.67. The molecule has 0 amide bonds. The fourth-order valence-electron chi connectivity index (χ4n) is 4.64. The van der Waals surface area contributed by atoms with Crippen LogP contribution in [0.1, 0.15) is 60.8 Å². The van der Waals surface area contributed by atoms with Crippen LogP contribution >= 0.6 is 23.2 Å². The van der Waals surface area contributed by atoms with Crippen molar-refractivity contribution in [3.05, 3.63) is 69.2 Å². The first kappa shape index (κ1) is 19.3. The normalized spacial score (nSPS) is 20.5. The number of nitrogens with zero attached hydrogens (tertiary/aromatic N) is 1. The van der Waals surface area contributed by atoms with Crippen molar-refractivity contribution in [2.45, 2.75) is 44.1 Å². The van der Waals surface area contributed by atoms with Gasteiger partial charge in [-0.25, -0.2) is 0 Å². The summed E-state index contributed by atoms with van der Waals surface area (Å²) in [6, 6.07) is 15.4. The van der Waals surface area contributed by atoms with E-state index in [1.807, 2.05) is 12.1 Å². The lowest BCUT2D eigenvalue weighted by Crippen LogP contribution is -2.45. The number of benzene rings is 2. The van der Waals surface area contributed by atoms with Gasteiger partial charge in [-0.15, -0.1) is 0 Å². The Balaban J connectivity index is 1.65. The lowest BCUT2D eigenvalue weighted by atomic mass is 9.83. The van der Waals surface area contributed by atoms with E-state index in [2.05, 4.69) is 40.5 Å². The van der Waals surface area contributed by atoms with Gasteiger partial charge in [0.05, 0.1) is 6.04 Å². The van der Waals surface area contributed by atoms with Crippen LogP contribution in [0.4, 0.5) is 0 Å². The van der Waals surface area contributed by atoms with Crippen LogP contribution < -0.4 is 5.32 Å². The third-order valence-electron chi connectivity index (χ3n) is 6.10. The monoisotopic (exact) mass is 402 g/mol. The molecule has 2 aromatic carbocycles. The molecule has 2 nitrogen and oxygen atoms in total. The van der Waals surface area contributed by atoms with E-state index < -0.39 is 0 Å².